The molecule has 0 N–H and O–H groups in total. The van der Waals surface area contributed by atoms with E-state index in [9.17, 15) is 14.9 Å². The third-order valence-corrected chi connectivity index (χ3v) is 2.68. The predicted molar refractivity (Wildman–Crippen MR) is 56.7 cm³/mol. The summed E-state index contributed by atoms with van der Waals surface area (Å²) < 4.78 is 8.91. The second-order valence-corrected chi connectivity index (χ2v) is 3.43. The molecule has 0 saturated heterocycles. The molecule has 0 radical (unpaired) electrons. The molecule has 2 atom stereocenters. The lowest BCUT2D eigenvalue weighted by molar-refractivity contribution is -0.519. The van der Waals surface area contributed by atoms with Gasteiger partial charge >= 0.3 is 5.97 Å². The van der Waals surface area contributed by atoms with E-state index >= 15 is 0 Å². The lowest BCUT2D eigenvalue weighted by Gasteiger charge is -2.14. The Kier molecular flexibility index (Phi) is 6.11. The first-order chi connectivity index (χ1) is 6.93. The zero-order valence-electron chi connectivity index (χ0n) is 8.14. The van der Waals surface area contributed by atoms with E-state index in [1.807, 2.05) is 0 Å². The highest BCUT2D eigenvalue weighted by atomic mass is 35.5. The molecule has 0 saturated carbocycles. The Morgan fingerprint density at radius 1 is 1.53 bits per heavy atom. The summed E-state index contributed by atoms with van der Waals surface area (Å²) in [7, 11) is 2.39. The van der Waals surface area contributed by atoms with Gasteiger partial charge in [0.2, 0.25) is 6.04 Å². The van der Waals surface area contributed by atoms with Crippen molar-refractivity contribution < 1.29 is 19.2 Å². The fourth-order valence-electron chi connectivity index (χ4n) is 0.809. The Morgan fingerprint density at radius 2 is 2.07 bits per heavy atom. The number of hydrogen-bond acceptors (Lipinski definition) is 6. The number of alkyl halides is 1. The number of halogens is 1. The van der Waals surface area contributed by atoms with Crippen LogP contribution in [0.4, 0.5) is 0 Å². The molecule has 0 aromatic heterocycles. The van der Waals surface area contributed by atoms with Gasteiger partial charge in [-0.05, 0) is 12.2 Å². The van der Waals surface area contributed by atoms with Crippen LogP contribution in [0.25, 0.3) is 0 Å². The number of rotatable bonds is 5. The van der Waals surface area contributed by atoms with Gasteiger partial charge in [-0.3, -0.25) is 14.9 Å². The van der Waals surface area contributed by atoms with Crippen LogP contribution in [0.2, 0.25) is 0 Å². The van der Waals surface area contributed by atoms with Crippen molar-refractivity contribution in [3.8, 4) is 0 Å². The summed E-state index contributed by atoms with van der Waals surface area (Å²) in [5.41, 5.74) is 0. The first kappa shape index (κ1) is 14.1. The maximum atomic E-state index is 10.9. The van der Waals surface area contributed by atoms with E-state index in [-0.39, 0.29) is 5.05 Å². The fourth-order valence-corrected chi connectivity index (χ4v) is 1.24. The summed E-state index contributed by atoms with van der Waals surface area (Å²) in [5, 5.41) is 9.35. The summed E-state index contributed by atoms with van der Waals surface area (Å²) in [4.78, 5) is 20.8. The van der Waals surface area contributed by atoms with Crippen LogP contribution in [-0.4, -0.2) is 41.6 Å². The van der Waals surface area contributed by atoms with Gasteiger partial charge in [0, 0.05) is 4.92 Å². The van der Waals surface area contributed by atoms with Gasteiger partial charge in [0.05, 0.1) is 14.2 Å². The number of esters is 1. The quantitative estimate of drug-likeness (QED) is 0.237. The van der Waals surface area contributed by atoms with Crippen molar-refractivity contribution in [1.29, 1.82) is 0 Å². The second-order valence-electron chi connectivity index (χ2n) is 2.56. The van der Waals surface area contributed by atoms with Crippen LogP contribution in [0.1, 0.15) is 6.42 Å². The van der Waals surface area contributed by atoms with Gasteiger partial charge in [-0.25, -0.2) is 0 Å². The average molecular weight is 256 g/mol. The number of nitro groups is 1. The number of carbonyl (C=O) groups is 1. The van der Waals surface area contributed by atoms with E-state index in [1.165, 1.54) is 7.11 Å². The van der Waals surface area contributed by atoms with Crippen LogP contribution >= 0.6 is 23.8 Å². The highest BCUT2D eigenvalue weighted by Crippen LogP contribution is 2.14. The number of ether oxygens (including phenoxy) is 2. The molecule has 6 nitrogen and oxygen atoms in total. The summed E-state index contributed by atoms with van der Waals surface area (Å²) in [6.07, 6.45) is -0.443. The molecule has 2 unspecified atom stereocenters. The van der Waals surface area contributed by atoms with E-state index < -0.39 is 28.7 Å². The molecule has 0 heterocycles. The molecule has 0 bridgehead atoms. The fraction of sp³-hybridized carbons (Fsp3) is 0.714. The number of nitrogens with zero attached hydrogens (tertiary/aromatic N) is 1. The van der Waals surface area contributed by atoms with E-state index in [2.05, 4.69) is 21.7 Å². The van der Waals surface area contributed by atoms with Crippen LogP contribution < -0.4 is 0 Å². The van der Waals surface area contributed by atoms with Crippen molar-refractivity contribution in [3.63, 3.8) is 0 Å². The van der Waals surface area contributed by atoms with Gasteiger partial charge in [0.25, 0.3) is 0 Å². The third kappa shape index (κ3) is 4.39. The molecule has 8 heteroatoms. The average Bonchev–Trinajstić information content (AvgIpc) is 2.22. The largest absolute Gasteiger partial charge is 0.488 e. The lowest BCUT2D eigenvalue weighted by atomic mass is 10.1. The number of carbonyl (C=O) groups excluding carboxylic acids is 1. The van der Waals surface area contributed by atoms with Crippen molar-refractivity contribution >= 4 is 34.8 Å². The van der Waals surface area contributed by atoms with E-state index in [0.717, 1.165) is 7.11 Å². The Hall–Kier alpha value is -0.950. The minimum atomic E-state index is -1.34. The molecule has 0 aromatic carbocycles. The topological polar surface area (TPSA) is 78.7 Å². The van der Waals surface area contributed by atoms with Gasteiger partial charge in [-0.15, -0.1) is 11.6 Å². The predicted octanol–water partition coefficient (Wildman–Crippen LogP) is 0.776. The number of methoxy groups -OCH3 is 2. The molecular weight excluding hydrogens is 246 g/mol. The molecule has 0 aliphatic heterocycles. The van der Waals surface area contributed by atoms with Gasteiger partial charge in [0.15, 0.2) is 10.4 Å². The standard InChI is InChI=1S/C7H10ClNO5S/c1-13-5(10)3-4(9(11)12)6(8)7(15)14-2/h4,6H,3H2,1-2H3. The van der Waals surface area contributed by atoms with Crippen LogP contribution in [0.15, 0.2) is 0 Å². The molecule has 15 heavy (non-hydrogen) atoms. The molecule has 0 rings (SSSR count). The monoisotopic (exact) mass is 255 g/mol. The Balaban J connectivity index is 4.59. The zero-order chi connectivity index (χ0) is 12.0. The summed E-state index contributed by atoms with van der Waals surface area (Å²) in [6, 6.07) is -1.34. The second kappa shape index (κ2) is 6.52. The van der Waals surface area contributed by atoms with Crippen molar-refractivity contribution in [2.45, 2.75) is 17.8 Å². The van der Waals surface area contributed by atoms with Gasteiger partial charge in [-0.2, -0.15) is 0 Å². The Bertz CT molecular complexity index is 272. The molecule has 0 aromatic rings. The number of thiocarbonyl (C=S) groups is 1. The zero-order valence-corrected chi connectivity index (χ0v) is 9.71. The Labute approximate surface area is 96.6 Å². The van der Waals surface area contributed by atoms with E-state index in [0.29, 0.717) is 0 Å². The van der Waals surface area contributed by atoms with Crippen LogP contribution in [0.3, 0.4) is 0 Å². The highest BCUT2D eigenvalue weighted by molar-refractivity contribution is 7.80. The molecule has 0 spiro atoms. The minimum Gasteiger partial charge on any atom is -0.488 e. The summed E-state index contributed by atoms with van der Waals surface area (Å²) >= 11 is 10.3. The number of hydrogen-bond donors (Lipinski definition) is 0. The molecule has 0 fully saturated rings. The maximum Gasteiger partial charge on any atom is 0.312 e. The first-order valence-corrected chi connectivity index (χ1v) is 4.70. The van der Waals surface area contributed by atoms with Crippen molar-refractivity contribution in [3.05, 3.63) is 10.1 Å². The summed E-state index contributed by atoms with van der Waals surface area (Å²) in [5.74, 6) is -0.721. The molecule has 86 valence electrons. The molecular formula is C7H10ClNO5S. The minimum absolute atomic E-state index is 0.123. The smallest absolute Gasteiger partial charge is 0.312 e. The highest BCUT2D eigenvalue weighted by Gasteiger charge is 2.36. The molecule has 0 aliphatic rings. The van der Waals surface area contributed by atoms with Crippen molar-refractivity contribution in [1.82, 2.24) is 0 Å². The lowest BCUT2D eigenvalue weighted by Crippen LogP contribution is -2.37. The van der Waals surface area contributed by atoms with Gasteiger partial charge in [0.1, 0.15) is 6.42 Å². The summed E-state index contributed by atoms with van der Waals surface area (Å²) in [6.45, 7) is 0. The van der Waals surface area contributed by atoms with Gasteiger partial charge < -0.3 is 9.47 Å². The SMILES string of the molecule is COC(=O)CC(C(Cl)C(=S)OC)[N+](=O)[O-]. The van der Waals surface area contributed by atoms with Crippen LogP contribution in [-0.2, 0) is 14.3 Å². The Morgan fingerprint density at radius 3 is 2.40 bits per heavy atom. The maximum absolute atomic E-state index is 10.9. The molecule has 0 aliphatic carbocycles. The van der Waals surface area contributed by atoms with E-state index in [1.54, 1.807) is 0 Å². The van der Waals surface area contributed by atoms with Gasteiger partial charge in [-0.1, -0.05) is 0 Å². The van der Waals surface area contributed by atoms with Crippen molar-refractivity contribution in [2.75, 3.05) is 14.2 Å². The first-order valence-electron chi connectivity index (χ1n) is 3.86. The normalized spacial score (nSPS) is 13.8. The van der Waals surface area contributed by atoms with Crippen LogP contribution in [0.5, 0.6) is 0 Å². The van der Waals surface area contributed by atoms with E-state index in [4.69, 9.17) is 11.6 Å². The molecule has 0 amide bonds. The van der Waals surface area contributed by atoms with Crippen LogP contribution in [0, 0.1) is 10.1 Å². The van der Waals surface area contributed by atoms with Crippen molar-refractivity contribution in [2.24, 2.45) is 0 Å². The third-order valence-electron chi connectivity index (χ3n) is 1.64.